The molecule has 0 radical (unpaired) electrons. The van der Waals surface area contributed by atoms with Gasteiger partial charge in [0.1, 0.15) is 6.04 Å². The predicted octanol–water partition coefficient (Wildman–Crippen LogP) is 2.15. The van der Waals surface area contributed by atoms with Gasteiger partial charge in [-0.1, -0.05) is 37.3 Å². The molecule has 0 saturated heterocycles. The number of carboxylic acids is 1. The van der Waals surface area contributed by atoms with E-state index in [2.05, 4.69) is 18.8 Å². The van der Waals surface area contributed by atoms with E-state index in [-0.39, 0.29) is 0 Å². The van der Waals surface area contributed by atoms with Gasteiger partial charge in [0.05, 0.1) is 0 Å². The molecule has 0 aromatic heterocycles. The lowest BCUT2D eigenvalue weighted by molar-refractivity contribution is -0.139. The van der Waals surface area contributed by atoms with Crippen molar-refractivity contribution < 1.29 is 9.90 Å². The second-order valence-electron chi connectivity index (χ2n) is 3.56. The molecule has 0 heterocycles. The van der Waals surface area contributed by atoms with Crippen molar-refractivity contribution in [1.82, 2.24) is 5.32 Å². The molecular weight excluding hydrogens is 202 g/mol. The summed E-state index contributed by atoms with van der Waals surface area (Å²) in [6.45, 7) is 6.11. The molecule has 0 fully saturated rings. The third-order valence-corrected chi connectivity index (χ3v) is 2.43. The van der Waals surface area contributed by atoms with Crippen molar-refractivity contribution in [3.63, 3.8) is 0 Å². The third-order valence-electron chi connectivity index (χ3n) is 2.43. The van der Waals surface area contributed by atoms with Gasteiger partial charge < -0.3 is 5.11 Å². The summed E-state index contributed by atoms with van der Waals surface area (Å²) in [4.78, 5) is 11.1. The Morgan fingerprint density at radius 1 is 1.50 bits per heavy atom. The van der Waals surface area contributed by atoms with E-state index in [1.807, 2.05) is 24.3 Å². The number of hydrogen-bond acceptors (Lipinski definition) is 2. The molecule has 2 N–H and O–H groups in total. The van der Waals surface area contributed by atoms with Crippen molar-refractivity contribution in [1.29, 1.82) is 0 Å². The number of benzene rings is 1. The predicted molar refractivity (Wildman–Crippen MR) is 64.4 cm³/mol. The second-order valence-corrected chi connectivity index (χ2v) is 3.56. The molecule has 0 bridgehead atoms. The highest BCUT2D eigenvalue weighted by Crippen LogP contribution is 2.14. The van der Waals surface area contributed by atoms with Crippen molar-refractivity contribution >= 4 is 5.97 Å². The van der Waals surface area contributed by atoms with Crippen LogP contribution in [0.5, 0.6) is 0 Å². The maximum Gasteiger partial charge on any atom is 0.325 e. The average Bonchev–Trinajstić information content (AvgIpc) is 2.30. The molecular formula is C13H17NO2. The largest absolute Gasteiger partial charge is 0.480 e. The molecule has 86 valence electrons. The summed E-state index contributed by atoms with van der Waals surface area (Å²) in [6.07, 6.45) is 2.61. The molecule has 3 heteroatoms. The fraction of sp³-hybridized carbons (Fsp3) is 0.308. The van der Waals surface area contributed by atoms with Crippen molar-refractivity contribution in [2.45, 2.75) is 19.4 Å². The van der Waals surface area contributed by atoms with Crippen LogP contribution in [0.3, 0.4) is 0 Å². The van der Waals surface area contributed by atoms with Gasteiger partial charge in [0.15, 0.2) is 0 Å². The van der Waals surface area contributed by atoms with Gasteiger partial charge in [0.25, 0.3) is 0 Å². The third kappa shape index (κ3) is 3.21. The van der Waals surface area contributed by atoms with Crippen LogP contribution in [0, 0.1) is 0 Å². The molecule has 1 atom stereocenters. The maximum atomic E-state index is 11.1. The smallest absolute Gasteiger partial charge is 0.325 e. The Bertz CT molecular complexity index is 357. The normalized spacial score (nSPS) is 12.1. The lowest BCUT2D eigenvalue weighted by Gasteiger charge is -2.13. The number of aryl methyl sites for hydroxylation is 1. The Hall–Kier alpha value is -1.61. The van der Waals surface area contributed by atoms with E-state index in [0.29, 0.717) is 6.54 Å². The SMILES string of the molecule is C=CCNC(C(=O)O)c1ccc(CC)cc1. The molecule has 16 heavy (non-hydrogen) atoms. The summed E-state index contributed by atoms with van der Waals surface area (Å²) in [6, 6.07) is 6.97. The van der Waals surface area contributed by atoms with Gasteiger partial charge >= 0.3 is 5.97 Å². The van der Waals surface area contributed by atoms with Crippen LogP contribution in [0.25, 0.3) is 0 Å². The van der Waals surface area contributed by atoms with Crippen LogP contribution in [0.2, 0.25) is 0 Å². The minimum atomic E-state index is -0.869. The van der Waals surface area contributed by atoms with Gasteiger partial charge in [-0.15, -0.1) is 6.58 Å². The van der Waals surface area contributed by atoms with Crippen LogP contribution in [0.1, 0.15) is 24.1 Å². The monoisotopic (exact) mass is 219 g/mol. The van der Waals surface area contributed by atoms with Gasteiger partial charge in [-0.05, 0) is 17.5 Å². The van der Waals surface area contributed by atoms with Crippen LogP contribution in [0.4, 0.5) is 0 Å². The number of hydrogen-bond donors (Lipinski definition) is 2. The Morgan fingerprint density at radius 2 is 2.12 bits per heavy atom. The zero-order valence-electron chi connectivity index (χ0n) is 9.44. The van der Waals surface area contributed by atoms with E-state index in [1.165, 1.54) is 5.56 Å². The van der Waals surface area contributed by atoms with Gasteiger partial charge in [0, 0.05) is 6.54 Å². The molecule has 0 aliphatic carbocycles. The molecule has 0 amide bonds. The van der Waals surface area contributed by atoms with Gasteiger partial charge in [-0.3, -0.25) is 10.1 Å². The van der Waals surface area contributed by atoms with Crippen LogP contribution in [-0.2, 0) is 11.2 Å². The highest BCUT2D eigenvalue weighted by atomic mass is 16.4. The molecule has 0 aliphatic heterocycles. The quantitative estimate of drug-likeness (QED) is 0.721. The summed E-state index contributed by atoms with van der Waals surface area (Å²) >= 11 is 0. The summed E-state index contributed by atoms with van der Waals surface area (Å²) in [7, 11) is 0. The Kier molecular flexibility index (Phi) is 4.73. The lowest BCUT2D eigenvalue weighted by atomic mass is 10.0. The maximum absolute atomic E-state index is 11.1. The van der Waals surface area contributed by atoms with E-state index in [4.69, 9.17) is 5.11 Å². The number of nitrogens with one attached hydrogen (secondary N) is 1. The van der Waals surface area contributed by atoms with Crippen LogP contribution < -0.4 is 5.32 Å². The minimum absolute atomic E-state index is 0.479. The molecule has 0 saturated carbocycles. The standard InChI is InChI=1S/C13H17NO2/c1-3-9-14-12(13(15)16)11-7-5-10(4-2)6-8-11/h3,5-8,12,14H,1,4,9H2,2H3,(H,15,16). The fourth-order valence-electron chi connectivity index (χ4n) is 1.49. The zero-order chi connectivity index (χ0) is 12.0. The zero-order valence-corrected chi connectivity index (χ0v) is 9.44. The molecule has 1 unspecified atom stereocenters. The molecule has 0 aliphatic rings. The van der Waals surface area contributed by atoms with E-state index in [0.717, 1.165) is 12.0 Å². The summed E-state index contributed by atoms with van der Waals surface area (Å²) < 4.78 is 0. The van der Waals surface area contributed by atoms with Gasteiger partial charge in [0.2, 0.25) is 0 Å². The van der Waals surface area contributed by atoms with Crippen LogP contribution >= 0.6 is 0 Å². The molecule has 0 spiro atoms. The van der Waals surface area contributed by atoms with E-state index in [9.17, 15) is 4.79 Å². The lowest BCUT2D eigenvalue weighted by Crippen LogP contribution is -2.28. The molecule has 3 nitrogen and oxygen atoms in total. The van der Waals surface area contributed by atoms with Crippen molar-refractivity contribution in [2.75, 3.05) is 6.54 Å². The summed E-state index contributed by atoms with van der Waals surface area (Å²) in [5.74, 6) is -0.869. The van der Waals surface area contributed by atoms with E-state index < -0.39 is 12.0 Å². The topological polar surface area (TPSA) is 49.3 Å². The number of carboxylic acid groups (broad SMARTS) is 1. The summed E-state index contributed by atoms with van der Waals surface area (Å²) in [5, 5.41) is 12.0. The number of rotatable bonds is 6. The second kappa shape index (κ2) is 6.08. The molecule has 1 rings (SSSR count). The first-order valence-electron chi connectivity index (χ1n) is 5.35. The van der Waals surface area contributed by atoms with Gasteiger partial charge in [-0.25, -0.2) is 0 Å². The van der Waals surface area contributed by atoms with E-state index in [1.54, 1.807) is 6.08 Å². The number of aliphatic carboxylic acids is 1. The van der Waals surface area contributed by atoms with Crippen LogP contribution in [-0.4, -0.2) is 17.6 Å². The van der Waals surface area contributed by atoms with Crippen molar-refractivity contribution in [3.05, 3.63) is 48.0 Å². The van der Waals surface area contributed by atoms with Crippen LogP contribution in [0.15, 0.2) is 36.9 Å². The summed E-state index contributed by atoms with van der Waals surface area (Å²) in [5.41, 5.74) is 1.98. The average molecular weight is 219 g/mol. The first-order chi connectivity index (χ1) is 7.69. The Morgan fingerprint density at radius 3 is 2.56 bits per heavy atom. The Labute approximate surface area is 95.8 Å². The van der Waals surface area contributed by atoms with Gasteiger partial charge in [-0.2, -0.15) is 0 Å². The Balaban J connectivity index is 2.83. The molecule has 1 aromatic carbocycles. The minimum Gasteiger partial charge on any atom is -0.480 e. The molecule has 1 aromatic rings. The highest BCUT2D eigenvalue weighted by molar-refractivity contribution is 5.75. The fourth-order valence-corrected chi connectivity index (χ4v) is 1.49. The van der Waals surface area contributed by atoms with Crippen molar-refractivity contribution in [2.24, 2.45) is 0 Å². The highest BCUT2D eigenvalue weighted by Gasteiger charge is 2.17. The van der Waals surface area contributed by atoms with Crippen molar-refractivity contribution in [3.8, 4) is 0 Å². The first-order valence-corrected chi connectivity index (χ1v) is 5.35. The van der Waals surface area contributed by atoms with E-state index >= 15 is 0 Å². The number of carbonyl (C=O) groups is 1. The first kappa shape index (κ1) is 12.5.